The molecule has 1 aromatic heterocycles. The maximum absolute atomic E-state index is 12.6. The summed E-state index contributed by atoms with van der Waals surface area (Å²) in [7, 11) is 1.75. The van der Waals surface area contributed by atoms with Crippen molar-refractivity contribution in [3.05, 3.63) is 51.7 Å². The fourth-order valence-electron chi connectivity index (χ4n) is 1.86. The van der Waals surface area contributed by atoms with Crippen molar-refractivity contribution in [3.63, 3.8) is 0 Å². The van der Waals surface area contributed by atoms with Gasteiger partial charge in [-0.15, -0.1) is 11.3 Å². The van der Waals surface area contributed by atoms with E-state index in [1.54, 1.807) is 23.3 Å². The minimum atomic E-state index is -4.43. The number of alkyl halides is 3. The Bertz CT molecular complexity index is 627. The van der Waals surface area contributed by atoms with Crippen LogP contribution in [0, 0.1) is 11.3 Å². The lowest BCUT2D eigenvalue weighted by Gasteiger charge is -2.20. The zero-order valence-electron chi connectivity index (χ0n) is 10.6. The van der Waals surface area contributed by atoms with Crippen molar-refractivity contribution in [1.29, 1.82) is 5.26 Å². The first-order chi connectivity index (χ1) is 9.41. The number of halogens is 3. The second-order valence-electron chi connectivity index (χ2n) is 4.28. The quantitative estimate of drug-likeness (QED) is 0.845. The minimum Gasteiger partial charge on any atom is -0.368 e. The Morgan fingerprint density at radius 1 is 1.30 bits per heavy atom. The predicted octanol–water partition coefficient (Wildman–Crippen LogP) is 4.27. The number of thiophene rings is 1. The molecule has 2 nitrogen and oxygen atoms in total. The number of hydrogen-bond acceptors (Lipinski definition) is 3. The molecule has 0 radical (unpaired) electrons. The summed E-state index contributed by atoms with van der Waals surface area (Å²) in [6, 6.07) is 8.91. The molecule has 0 bridgehead atoms. The molecular weight excluding hydrogens is 285 g/mol. The Labute approximate surface area is 118 Å². The first-order valence-electron chi connectivity index (χ1n) is 5.76. The lowest BCUT2D eigenvalue weighted by Crippen LogP contribution is -2.17. The highest BCUT2D eigenvalue weighted by Crippen LogP contribution is 2.32. The van der Waals surface area contributed by atoms with Gasteiger partial charge in [-0.3, -0.25) is 0 Å². The van der Waals surface area contributed by atoms with E-state index in [9.17, 15) is 13.2 Å². The average Bonchev–Trinajstić information content (AvgIpc) is 2.89. The van der Waals surface area contributed by atoms with E-state index < -0.39 is 11.7 Å². The summed E-state index contributed by atoms with van der Waals surface area (Å²) < 4.78 is 37.9. The van der Waals surface area contributed by atoms with E-state index in [2.05, 4.69) is 0 Å². The van der Waals surface area contributed by atoms with Crippen molar-refractivity contribution in [2.24, 2.45) is 0 Å². The van der Waals surface area contributed by atoms with Crippen LogP contribution < -0.4 is 4.90 Å². The van der Waals surface area contributed by atoms with Crippen LogP contribution in [-0.4, -0.2) is 7.05 Å². The molecule has 2 rings (SSSR count). The van der Waals surface area contributed by atoms with Gasteiger partial charge >= 0.3 is 6.18 Å². The number of benzene rings is 1. The van der Waals surface area contributed by atoms with E-state index in [1.807, 2.05) is 23.6 Å². The maximum atomic E-state index is 12.6. The molecule has 2 aromatic rings. The standard InChI is InChI=1S/C14H11F3N2S/c1-19(9-12-3-2-6-20-12)13-5-4-11(14(15,16)17)7-10(13)8-18/h2-7H,9H2,1H3. The molecule has 1 aromatic carbocycles. The Morgan fingerprint density at radius 2 is 2.05 bits per heavy atom. The zero-order chi connectivity index (χ0) is 14.8. The maximum Gasteiger partial charge on any atom is 0.416 e. The van der Waals surface area contributed by atoms with Crippen LogP contribution in [0.25, 0.3) is 0 Å². The summed E-state index contributed by atoms with van der Waals surface area (Å²) in [6.45, 7) is 0.553. The molecular formula is C14H11F3N2S. The summed E-state index contributed by atoms with van der Waals surface area (Å²) in [5.41, 5.74) is -0.282. The van der Waals surface area contributed by atoms with Gasteiger partial charge < -0.3 is 4.90 Å². The molecule has 0 spiro atoms. The molecule has 0 aliphatic heterocycles. The highest BCUT2D eigenvalue weighted by Gasteiger charge is 2.31. The van der Waals surface area contributed by atoms with Crippen LogP contribution in [0.15, 0.2) is 35.7 Å². The summed E-state index contributed by atoms with van der Waals surface area (Å²) in [5.74, 6) is 0. The molecule has 6 heteroatoms. The van der Waals surface area contributed by atoms with Gasteiger partial charge in [-0.1, -0.05) is 6.07 Å². The van der Waals surface area contributed by atoms with Gasteiger partial charge in [0.1, 0.15) is 6.07 Å². The van der Waals surface area contributed by atoms with E-state index in [0.29, 0.717) is 12.2 Å². The van der Waals surface area contributed by atoms with E-state index in [-0.39, 0.29) is 5.56 Å². The molecule has 0 saturated heterocycles. The molecule has 20 heavy (non-hydrogen) atoms. The van der Waals surface area contributed by atoms with Gasteiger partial charge in [0.05, 0.1) is 23.4 Å². The Balaban J connectivity index is 2.30. The van der Waals surface area contributed by atoms with Crippen LogP contribution in [0.2, 0.25) is 0 Å². The largest absolute Gasteiger partial charge is 0.416 e. The summed E-state index contributed by atoms with van der Waals surface area (Å²) in [6.07, 6.45) is -4.43. The van der Waals surface area contributed by atoms with Gasteiger partial charge in [-0.2, -0.15) is 18.4 Å². The molecule has 1 heterocycles. The summed E-state index contributed by atoms with van der Waals surface area (Å²) >= 11 is 1.56. The monoisotopic (exact) mass is 296 g/mol. The molecule has 104 valence electrons. The molecule has 0 atom stereocenters. The van der Waals surface area contributed by atoms with Gasteiger partial charge in [0.25, 0.3) is 0 Å². The number of rotatable bonds is 3. The lowest BCUT2D eigenvalue weighted by molar-refractivity contribution is -0.137. The summed E-state index contributed by atoms with van der Waals surface area (Å²) in [4.78, 5) is 2.85. The van der Waals surface area contributed by atoms with Crippen LogP contribution in [-0.2, 0) is 12.7 Å². The van der Waals surface area contributed by atoms with Gasteiger partial charge in [0, 0.05) is 11.9 Å². The van der Waals surface area contributed by atoms with Gasteiger partial charge in [-0.05, 0) is 29.6 Å². The van der Waals surface area contributed by atoms with Crippen molar-refractivity contribution in [3.8, 4) is 6.07 Å². The van der Waals surface area contributed by atoms with Crippen molar-refractivity contribution in [2.45, 2.75) is 12.7 Å². The number of nitrogens with zero attached hydrogens (tertiary/aromatic N) is 2. The third-order valence-electron chi connectivity index (χ3n) is 2.83. The lowest BCUT2D eigenvalue weighted by atomic mass is 10.1. The van der Waals surface area contributed by atoms with Crippen LogP contribution in [0.3, 0.4) is 0 Å². The van der Waals surface area contributed by atoms with Gasteiger partial charge in [-0.25, -0.2) is 0 Å². The van der Waals surface area contributed by atoms with E-state index in [1.165, 1.54) is 6.07 Å². The van der Waals surface area contributed by atoms with E-state index in [0.717, 1.165) is 17.0 Å². The van der Waals surface area contributed by atoms with Crippen molar-refractivity contribution < 1.29 is 13.2 Å². The van der Waals surface area contributed by atoms with Crippen LogP contribution >= 0.6 is 11.3 Å². The Kier molecular flexibility index (Phi) is 4.00. The Hall–Kier alpha value is -2.00. The van der Waals surface area contributed by atoms with Crippen LogP contribution in [0.4, 0.5) is 18.9 Å². The predicted molar refractivity (Wildman–Crippen MR) is 72.6 cm³/mol. The molecule has 0 saturated carbocycles. The zero-order valence-corrected chi connectivity index (χ0v) is 11.4. The summed E-state index contributed by atoms with van der Waals surface area (Å²) in [5, 5.41) is 11.0. The van der Waals surface area contributed by atoms with E-state index >= 15 is 0 Å². The Morgan fingerprint density at radius 3 is 2.60 bits per heavy atom. The highest BCUT2D eigenvalue weighted by molar-refractivity contribution is 7.09. The first-order valence-corrected chi connectivity index (χ1v) is 6.64. The van der Waals surface area contributed by atoms with Gasteiger partial charge in [0.15, 0.2) is 0 Å². The molecule has 0 aliphatic carbocycles. The van der Waals surface area contributed by atoms with Crippen molar-refractivity contribution >= 4 is 17.0 Å². The smallest absolute Gasteiger partial charge is 0.368 e. The normalized spacial score (nSPS) is 11.2. The third kappa shape index (κ3) is 3.11. The number of anilines is 1. The molecule has 0 unspecified atom stereocenters. The molecule has 0 aliphatic rings. The SMILES string of the molecule is CN(Cc1cccs1)c1ccc(C(F)(F)F)cc1C#N. The van der Waals surface area contributed by atoms with Crippen molar-refractivity contribution in [1.82, 2.24) is 0 Å². The fraction of sp³-hybridized carbons (Fsp3) is 0.214. The van der Waals surface area contributed by atoms with Crippen LogP contribution in [0.5, 0.6) is 0 Å². The average molecular weight is 296 g/mol. The molecule has 0 fully saturated rings. The fourth-order valence-corrected chi connectivity index (χ4v) is 2.61. The minimum absolute atomic E-state index is 0.0267. The van der Waals surface area contributed by atoms with Gasteiger partial charge in [0.2, 0.25) is 0 Å². The number of nitriles is 1. The highest BCUT2D eigenvalue weighted by atomic mass is 32.1. The van der Waals surface area contributed by atoms with Crippen molar-refractivity contribution in [2.75, 3.05) is 11.9 Å². The number of hydrogen-bond donors (Lipinski definition) is 0. The molecule has 0 amide bonds. The first kappa shape index (κ1) is 14.4. The topological polar surface area (TPSA) is 27.0 Å². The second-order valence-corrected chi connectivity index (χ2v) is 5.31. The second kappa shape index (κ2) is 5.55. The third-order valence-corrected chi connectivity index (χ3v) is 3.69. The van der Waals surface area contributed by atoms with E-state index in [4.69, 9.17) is 5.26 Å². The van der Waals surface area contributed by atoms with Crippen LogP contribution in [0.1, 0.15) is 16.0 Å². The molecule has 0 N–H and O–H groups in total.